The zero-order valence-corrected chi connectivity index (χ0v) is 13.3. The van der Waals surface area contributed by atoms with Crippen molar-refractivity contribution in [1.29, 1.82) is 0 Å². The molecule has 7 nitrogen and oxygen atoms in total. The van der Waals surface area contributed by atoms with Gasteiger partial charge in [0.1, 0.15) is 0 Å². The average Bonchev–Trinajstić information content (AvgIpc) is 2.74. The first kappa shape index (κ1) is 16.9. The quantitative estimate of drug-likeness (QED) is 0.756. The maximum absolute atomic E-state index is 12.0. The molecule has 20 heavy (non-hydrogen) atoms. The second-order valence-corrected chi connectivity index (χ2v) is 7.20. The van der Waals surface area contributed by atoms with Gasteiger partial charge in [0.15, 0.2) is 5.13 Å². The standard InChI is InChI=1S/C11H19N3O4S2/c1-8(2)14(3)20(17,18)13-11-12-9(7-19-11)5-4-6-10(15)16/h7-8H,4-6H2,1-3H3,(H,12,13)(H,15,16). The van der Waals surface area contributed by atoms with Crippen LogP contribution in [-0.2, 0) is 21.4 Å². The van der Waals surface area contributed by atoms with Crippen LogP contribution in [0.15, 0.2) is 5.38 Å². The van der Waals surface area contributed by atoms with Gasteiger partial charge in [-0.05, 0) is 26.7 Å². The molecule has 2 N–H and O–H groups in total. The van der Waals surface area contributed by atoms with Gasteiger partial charge >= 0.3 is 16.2 Å². The summed E-state index contributed by atoms with van der Waals surface area (Å²) in [5, 5.41) is 10.6. The number of carbonyl (C=O) groups is 1. The minimum absolute atomic E-state index is 0.0780. The molecule has 0 amide bonds. The van der Waals surface area contributed by atoms with Crippen LogP contribution in [0.1, 0.15) is 32.4 Å². The molecule has 0 aromatic carbocycles. The molecule has 0 spiro atoms. The van der Waals surface area contributed by atoms with Gasteiger partial charge < -0.3 is 5.11 Å². The van der Waals surface area contributed by atoms with E-state index in [4.69, 9.17) is 5.11 Å². The van der Waals surface area contributed by atoms with Gasteiger partial charge in [0.05, 0.1) is 5.69 Å². The second-order valence-electron chi connectivity index (χ2n) is 4.61. The Morgan fingerprint density at radius 2 is 2.20 bits per heavy atom. The van der Waals surface area contributed by atoms with E-state index in [9.17, 15) is 13.2 Å². The van der Waals surface area contributed by atoms with Crippen molar-refractivity contribution in [2.75, 3.05) is 11.8 Å². The Morgan fingerprint density at radius 1 is 1.55 bits per heavy atom. The molecular formula is C11H19N3O4S2. The van der Waals surface area contributed by atoms with Crippen molar-refractivity contribution in [2.24, 2.45) is 0 Å². The molecule has 1 heterocycles. The fourth-order valence-corrected chi connectivity index (χ4v) is 3.41. The van der Waals surface area contributed by atoms with Gasteiger partial charge in [-0.15, -0.1) is 11.3 Å². The molecule has 0 bridgehead atoms. The number of aromatic nitrogens is 1. The number of carboxylic acid groups (broad SMARTS) is 1. The monoisotopic (exact) mass is 321 g/mol. The number of thiazole rings is 1. The number of carboxylic acids is 1. The Hall–Kier alpha value is -1.19. The normalized spacial score (nSPS) is 12.1. The van der Waals surface area contributed by atoms with E-state index in [1.165, 1.54) is 22.7 Å². The summed E-state index contributed by atoms with van der Waals surface area (Å²) < 4.78 is 27.5. The predicted octanol–water partition coefficient (Wildman–Crippen LogP) is 1.55. The molecule has 0 saturated heterocycles. The first-order valence-electron chi connectivity index (χ1n) is 6.14. The van der Waals surface area contributed by atoms with Gasteiger partial charge in [0.25, 0.3) is 0 Å². The van der Waals surface area contributed by atoms with E-state index in [1.807, 2.05) is 0 Å². The third-order valence-corrected chi connectivity index (χ3v) is 5.26. The molecule has 114 valence electrons. The number of hydrogen-bond donors (Lipinski definition) is 2. The number of rotatable bonds is 8. The molecular weight excluding hydrogens is 302 g/mol. The smallest absolute Gasteiger partial charge is 0.303 e. The lowest BCUT2D eigenvalue weighted by Gasteiger charge is -2.20. The molecule has 0 atom stereocenters. The van der Waals surface area contributed by atoms with E-state index in [0.29, 0.717) is 23.7 Å². The Morgan fingerprint density at radius 3 is 2.75 bits per heavy atom. The van der Waals surface area contributed by atoms with Crippen LogP contribution in [0, 0.1) is 0 Å². The Labute approximate surface area is 122 Å². The summed E-state index contributed by atoms with van der Waals surface area (Å²) in [7, 11) is -2.10. The van der Waals surface area contributed by atoms with Crippen LogP contribution in [0.2, 0.25) is 0 Å². The SMILES string of the molecule is CC(C)N(C)S(=O)(=O)Nc1nc(CCCC(=O)O)cs1. The molecule has 0 aliphatic rings. The molecule has 9 heteroatoms. The summed E-state index contributed by atoms with van der Waals surface area (Å²) in [6.45, 7) is 3.55. The highest BCUT2D eigenvalue weighted by Crippen LogP contribution is 2.19. The fourth-order valence-electron chi connectivity index (χ4n) is 1.35. The van der Waals surface area contributed by atoms with Crippen LogP contribution in [0.5, 0.6) is 0 Å². The van der Waals surface area contributed by atoms with Gasteiger partial charge in [0, 0.05) is 24.9 Å². The molecule has 0 radical (unpaired) electrons. The van der Waals surface area contributed by atoms with Crippen molar-refractivity contribution >= 4 is 32.6 Å². The molecule has 0 saturated carbocycles. The number of aliphatic carboxylic acids is 1. The lowest BCUT2D eigenvalue weighted by atomic mass is 10.2. The molecule has 0 unspecified atom stereocenters. The molecule has 1 aromatic heterocycles. The van der Waals surface area contributed by atoms with E-state index in [2.05, 4.69) is 9.71 Å². The minimum atomic E-state index is -3.60. The van der Waals surface area contributed by atoms with E-state index in [1.54, 1.807) is 19.2 Å². The van der Waals surface area contributed by atoms with Crippen molar-refractivity contribution in [1.82, 2.24) is 9.29 Å². The van der Waals surface area contributed by atoms with Crippen molar-refractivity contribution in [2.45, 2.75) is 39.2 Å². The average molecular weight is 321 g/mol. The summed E-state index contributed by atoms with van der Waals surface area (Å²) in [6.07, 6.45) is 1.08. The van der Waals surface area contributed by atoms with E-state index >= 15 is 0 Å². The minimum Gasteiger partial charge on any atom is -0.481 e. The van der Waals surface area contributed by atoms with Gasteiger partial charge in [-0.25, -0.2) is 9.71 Å². The van der Waals surface area contributed by atoms with Crippen LogP contribution in [0.3, 0.4) is 0 Å². The summed E-state index contributed by atoms with van der Waals surface area (Å²) in [6, 6.07) is -0.150. The van der Waals surface area contributed by atoms with Crippen molar-refractivity contribution < 1.29 is 18.3 Å². The fraction of sp³-hybridized carbons (Fsp3) is 0.636. The van der Waals surface area contributed by atoms with Crippen molar-refractivity contribution in [3.63, 3.8) is 0 Å². The van der Waals surface area contributed by atoms with Gasteiger partial charge in [0.2, 0.25) is 0 Å². The largest absolute Gasteiger partial charge is 0.481 e. The van der Waals surface area contributed by atoms with Crippen molar-refractivity contribution in [3.05, 3.63) is 11.1 Å². The van der Waals surface area contributed by atoms with Crippen LogP contribution < -0.4 is 4.72 Å². The lowest BCUT2D eigenvalue weighted by molar-refractivity contribution is -0.137. The highest BCUT2D eigenvalue weighted by Gasteiger charge is 2.21. The van der Waals surface area contributed by atoms with Crippen LogP contribution >= 0.6 is 11.3 Å². The van der Waals surface area contributed by atoms with E-state index in [-0.39, 0.29) is 12.5 Å². The number of nitrogens with zero attached hydrogens (tertiary/aromatic N) is 2. The topological polar surface area (TPSA) is 99.6 Å². The number of anilines is 1. The zero-order valence-electron chi connectivity index (χ0n) is 11.7. The molecule has 1 rings (SSSR count). The molecule has 0 aliphatic carbocycles. The van der Waals surface area contributed by atoms with E-state index < -0.39 is 16.2 Å². The Balaban J connectivity index is 2.62. The first-order chi connectivity index (χ1) is 9.22. The number of hydrogen-bond acceptors (Lipinski definition) is 5. The summed E-state index contributed by atoms with van der Waals surface area (Å²) in [5.74, 6) is -0.847. The van der Waals surface area contributed by atoms with Gasteiger partial charge in [-0.2, -0.15) is 12.7 Å². The van der Waals surface area contributed by atoms with Gasteiger partial charge in [-0.3, -0.25) is 4.79 Å². The van der Waals surface area contributed by atoms with Crippen LogP contribution in [-0.4, -0.2) is 41.9 Å². The van der Waals surface area contributed by atoms with Gasteiger partial charge in [-0.1, -0.05) is 0 Å². The highest BCUT2D eigenvalue weighted by atomic mass is 32.2. The Bertz CT molecular complexity index is 554. The number of aryl methyl sites for hydroxylation is 1. The van der Waals surface area contributed by atoms with Crippen molar-refractivity contribution in [3.8, 4) is 0 Å². The third-order valence-electron chi connectivity index (χ3n) is 2.70. The van der Waals surface area contributed by atoms with E-state index in [0.717, 1.165) is 0 Å². The third kappa shape index (κ3) is 5.06. The Kier molecular flexibility index (Phi) is 5.90. The summed E-state index contributed by atoms with van der Waals surface area (Å²) in [4.78, 5) is 14.5. The zero-order chi connectivity index (χ0) is 15.3. The van der Waals surface area contributed by atoms with Crippen LogP contribution in [0.25, 0.3) is 0 Å². The number of nitrogens with one attached hydrogen (secondary N) is 1. The summed E-state index contributed by atoms with van der Waals surface area (Å²) in [5.41, 5.74) is 0.696. The molecule has 0 aliphatic heterocycles. The summed E-state index contributed by atoms with van der Waals surface area (Å²) >= 11 is 1.19. The van der Waals surface area contributed by atoms with Crippen LogP contribution in [0.4, 0.5) is 5.13 Å². The maximum atomic E-state index is 12.0. The maximum Gasteiger partial charge on any atom is 0.303 e. The molecule has 0 fully saturated rings. The molecule has 1 aromatic rings. The lowest BCUT2D eigenvalue weighted by Crippen LogP contribution is -2.37. The predicted molar refractivity (Wildman–Crippen MR) is 78.1 cm³/mol. The second kappa shape index (κ2) is 7.00. The highest BCUT2D eigenvalue weighted by molar-refractivity contribution is 7.90. The first-order valence-corrected chi connectivity index (χ1v) is 8.46.